The van der Waals surface area contributed by atoms with Gasteiger partial charge in [-0.3, -0.25) is 20.6 Å². The molecule has 0 aliphatic heterocycles. The Balaban J connectivity index is 2.84. The molecule has 0 aromatic heterocycles. The first-order valence-corrected chi connectivity index (χ1v) is 4.27. The highest BCUT2D eigenvalue weighted by molar-refractivity contribution is 5.98. The minimum absolute atomic E-state index is 0.570. The molecule has 0 radical (unpaired) electrons. The summed E-state index contributed by atoms with van der Waals surface area (Å²) in [5.74, 6) is 0.640. The Morgan fingerprint density at radius 2 is 2.29 bits per heavy atom. The third-order valence-corrected chi connectivity index (χ3v) is 1.76. The summed E-state index contributed by atoms with van der Waals surface area (Å²) in [4.78, 5) is 14.1. The highest BCUT2D eigenvalue weighted by Crippen LogP contribution is 2.03. The van der Waals surface area contributed by atoms with Crippen molar-refractivity contribution in [3.8, 4) is 0 Å². The van der Waals surface area contributed by atoms with E-state index in [-0.39, 0.29) is 0 Å². The van der Waals surface area contributed by atoms with Crippen LogP contribution in [0.4, 0.5) is 0 Å². The van der Waals surface area contributed by atoms with Crippen LogP contribution in [0.25, 0.3) is 0 Å². The van der Waals surface area contributed by atoms with Crippen LogP contribution in [0, 0.1) is 6.92 Å². The zero-order valence-corrected chi connectivity index (χ0v) is 8.24. The third-order valence-electron chi connectivity index (χ3n) is 1.76. The molecule has 0 atom stereocenters. The van der Waals surface area contributed by atoms with Crippen molar-refractivity contribution in [1.82, 2.24) is 10.9 Å². The van der Waals surface area contributed by atoms with Crippen LogP contribution in [0.5, 0.6) is 0 Å². The number of aliphatic imine (C=N–C) groups is 1. The SMILES string of the molecule is CN=C(NNC=O)c1cccc(C)c1. The average Bonchev–Trinajstić information content (AvgIpc) is 2.19. The van der Waals surface area contributed by atoms with E-state index in [2.05, 4.69) is 15.8 Å². The maximum atomic E-state index is 10.1. The van der Waals surface area contributed by atoms with E-state index >= 15 is 0 Å². The van der Waals surface area contributed by atoms with Crippen molar-refractivity contribution in [2.75, 3.05) is 7.05 Å². The Kier molecular flexibility index (Phi) is 3.67. The lowest BCUT2D eigenvalue weighted by Crippen LogP contribution is -2.36. The van der Waals surface area contributed by atoms with E-state index < -0.39 is 0 Å². The predicted octanol–water partition coefficient (Wildman–Crippen LogP) is 0.622. The summed E-state index contributed by atoms with van der Waals surface area (Å²) >= 11 is 0. The second-order valence-corrected chi connectivity index (χ2v) is 2.83. The summed E-state index contributed by atoms with van der Waals surface area (Å²) < 4.78 is 0. The lowest BCUT2D eigenvalue weighted by Gasteiger charge is -2.07. The molecule has 2 N–H and O–H groups in total. The topological polar surface area (TPSA) is 53.5 Å². The number of benzene rings is 1. The molecule has 1 rings (SSSR count). The third kappa shape index (κ3) is 2.58. The number of amides is 1. The van der Waals surface area contributed by atoms with Gasteiger partial charge >= 0.3 is 0 Å². The molecule has 0 aliphatic rings. The smallest absolute Gasteiger partial charge is 0.225 e. The molecule has 0 saturated heterocycles. The van der Waals surface area contributed by atoms with Crippen LogP contribution < -0.4 is 10.9 Å². The lowest BCUT2D eigenvalue weighted by atomic mass is 10.1. The molecule has 0 fully saturated rings. The van der Waals surface area contributed by atoms with Crippen LogP contribution in [0.3, 0.4) is 0 Å². The molecule has 0 unspecified atom stereocenters. The molecule has 4 heteroatoms. The first-order chi connectivity index (χ1) is 6.77. The number of carbonyl (C=O) groups excluding carboxylic acids is 1. The normalized spacial score (nSPS) is 10.9. The fourth-order valence-electron chi connectivity index (χ4n) is 1.15. The van der Waals surface area contributed by atoms with Gasteiger partial charge in [-0.2, -0.15) is 0 Å². The van der Waals surface area contributed by atoms with Crippen LogP contribution in [0.1, 0.15) is 11.1 Å². The van der Waals surface area contributed by atoms with E-state index in [9.17, 15) is 4.79 Å². The van der Waals surface area contributed by atoms with Crippen molar-refractivity contribution in [3.63, 3.8) is 0 Å². The number of hydrogen-bond donors (Lipinski definition) is 2. The van der Waals surface area contributed by atoms with Crippen LogP contribution in [-0.4, -0.2) is 19.3 Å². The summed E-state index contributed by atoms with van der Waals surface area (Å²) in [5, 5.41) is 0. The molecular weight excluding hydrogens is 178 g/mol. The highest BCUT2D eigenvalue weighted by atomic mass is 16.1. The minimum atomic E-state index is 0.570. The van der Waals surface area contributed by atoms with Crippen molar-refractivity contribution in [3.05, 3.63) is 35.4 Å². The first kappa shape index (κ1) is 10.2. The summed E-state index contributed by atoms with van der Waals surface area (Å²) in [6.07, 6.45) is 0.570. The van der Waals surface area contributed by atoms with Gasteiger partial charge in [-0.1, -0.05) is 23.8 Å². The van der Waals surface area contributed by atoms with E-state index in [0.717, 1.165) is 11.1 Å². The predicted molar refractivity (Wildman–Crippen MR) is 56.0 cm³/mol. The maximum Gasteiger partial charge on any atom is 0.225 e. The zero-order chi connectivity index (χ0) is 10.4. The number of carbonyl (C=O) groups is 1. The minimum Gasteiger partial charge on any atom is -0.282 e. The number of hydrogen-bond acceptors (Lipinski definition) is 2. The van der Waals surface area contributed by atoms with E-state index in [1.165, 1.54) is 0 Å². The van der Waals surface area contributed by atoms with Gasteiger partial charge in [0.15, 0.2) is 0 Å². The van der Waals surface area contributed by atoms with Crippen molar-refractivity contribution < 1.29 is 4.79 Å². The van der Waals surface area contributed by atoms with Gasteiger partial charge < -0.3 is 0 Å². The largest absolute Gasteiger partial charge is 0.282 e. The zero-order valence-electron chi connectivity index (χ0n) is 8.24. The Morgan fingerprint density at radius 1 is 1.50 bits per heavy atom. The molecule has 0 saturated carbocycles. The molecule has 4 nitrogen and oxygen atoms in total. The molecule has 1 aromatic carbocycles. The molecule has 1 amide bonds. The van der Waals surface area contributed by atoms with Crippen LogP contribution in [-0.2, 0) is 4.79 Å². The summed E-state index contributed by atoms with van der Waals surface area (Å²) in [6.45, 7) is 2.00. The van der Waals surface area contributed by atoms with E-state index in [0.29, 0.717) is 12.2 Å². The van der Waals surface area contributed by atoms with Gasteiger partial charge in [0.05, 0.1) is 0 Å². The van der Waals surface area contributed by atoms with Crippen molar-refractivity contribution in [2.45, 2.75) is 6.92 Å². The quantitative estimate of drug-likeness (QED) is 0.318. The van der Waals surface area contributed by atoms with E-state index in [1.54, 1.807) is 7.05 Å². The van der Waals surface area contributed by atoms with Gasteiger partial charge in [-0.05, 0) is 13.0 Å². The Hall–Kier alpha value is -1.84. The number of rotatable bonds is 3. The van der Waals surface area contributed by atoms with Crippen molar-refractivity contribution in [2.24, 2.45) is 4.99 Å². The highest BCUT2D eigenvalue weighted by Gasteiger charge is 2.00. The summed E-state index contributed by atoms with van der Waals surface area (Å²) in [7, 11) is 1.66. The molecule has 0 spiro atoms. The number of nitrogens with zero attached hydrogens (tertiary/aromatic N) is 1. The summed E-state index contributed by atoms with van der Waals surface area (Å²) in [5.41, 5.74) is 7.15. The second kappa shape index (κ2) is 5.01. The number of aryl methyl sites for hydroxylation is 1. The second-order valence-electron chi connectivity index (χ2n) is 2.83. The van der Waals surface area contributed by atoms with Gasteiger partial charge in [-0.25, -0.2) is 0 Å². The van der Waals surface area contributed by atoms with Gasteiger partial charge in [0.1, 0.15) is 5.84 Å². The monoisotopic (exact) mass is 191 g/mol. The number of nitrogens with one attached hydrogen (secondary N) is 2. The van der Waals surface area contributed by atoms with Crippen molar-refractivity contribution in [1.29, 1.82) is 0 Å². The Labute approximate surface area is 83.0 Å². The van der Waals surface area contributed by atoms with Gasteiger partial charge in [0, 0.05) is 12.6 Å². The van der Waals surface area contributed by atoms with Crippen LogP contribution >= 0.6 is 0 Å². The van der Waals surface area contributed by atoms with Crippen molar-refractivity contribution >= 4 is 12.2 Å². The number of hydrazine groups is 1. The molecule has 0 heterocycles. The lowest BCUT2D eigenvalue weighted by molar-refractivity contribution is -0.110. The van der Waals surface area contributed by atoms with Crippen LogP contribution in [0.15, 0.2) is 29.3 Å². The molecular formula is C10H13N3O. The average molecular weight is 191 g/mol. The number of amidine groups is 1. The van der Waals surface area contributed by atoms with Gasteiger partial charge in [0.25, 0.3) is 0 Å². The van der Waals surface area contributed by atoms with E-state index in [1.807, 2.05) is 31.2 Å². The first-order valence-electron chi connectivity index (χ1n) is 4.27. The fraction of sp³-hybridized carbons (Fsp3) is 0.200. The Bertz CT molecular complexity index is 347. The molecule has 1 aromatic rings. The van der Waals surface area contributed by atoms with Gasteiger partial charge in [0.2, 0.25) is 6.41 Å². The molecule has 0 aliphatic carbocycles. The van der Waals surface area contributed by atoms with Gasteiger partial charge in [-0.15, -0.1) is 0 Å². The molecule has 14 heavy (non-hydrogen) atoms. The molecule has 74 valence electrons. The Morgan fingerprint density at radius 3 is 2.86 bits per heavy atom. The fourth-order valence-corrected chi connectivity index (χ4v) is 1.15. The van der Waals surface area contributed by atoms with E-state index in [4.69, 9.17) is 0 Å². The standard InChI is InChI=1S/C10H13N3O/c1-8-4-3-5-9(6-8)10(11-2)13-12-7-14/h3-7H,1-2H3,(H,11,13)(H,12,14). The molecule has 0 bridgehead atoms. The maximum absolute atomic E-state index is 10.1. The summed E-state index contributed by atoms with van der Waals surface area (Å²) in [6, 6.07) is 7.86. The van der Waals surface area contributed by atoms with Crippen LogP contribution in [0.2, 0.25) is 0 Å².